The van der Waals surface area contributed by atoms with Gasteiger partial charge in [0, 0.05) is 12.1 Å². The number of rotatable bonds is 1. The second-order valence-corrected chi connectivity index (χ2v) is 3.04. The number of anilines is 1. The molecule has 0 aliphatic heterocycles. The van der Waals surface area contributed by atoms with Gasteiger partial charge in [-0.25, -0.2) is 4.79 Å². The van der Waals surface area contributed by atoms with Gasteiger partial charge in [-0.1, -0.05) is 0 Å². The maximum absolute atomic E-state index is 10.7. The van der Waals surface area contributed by atoms with Gasteiger partial charge in [-0.15, -0.1) is 4.68 Å². The average Bonchev–Trinajstić information content (AvgIpc) is 2.56. The summed E-state index contributed by atoms with van der Waals surface area (Å²) in [4.78, 5) is 20.6. The molecule has 0 bridgehead atoms. The molecule has 0 unspecified atom stereocenters. The topological polar surface area (TPSA) is 124 Å². The van der Waals surface area contributed by atoms with Gasteiger partial charge in [0.2, 0.25) is 0 Å². The lowest BCUT2D eigenvalue weighted by molar-refractivity contribution is -0.384. The van der Waals surface area contributed by atoms with E-state index in [0.717, 1.165) is 0 Å². The van der Waals surface area contributed by atoms with E-state index >= 15 is 0 Å². The fourth-order valence-corrected chi connectivity index (χ4v) is 1.35. The first-order valence-electron chi connectivity index (χ1n) is 4.16. The lowest BCUT2D eigenvalue weighted by Gasteiger charge is -1.94. The zero-order valence-corrected chi connectivity index (χ0v) is 7.82. The van der Waals surface area contributed by atoms with Crippen LogP contribution in [0.2, 0.25) is 0 Å². The van der Waals surface area contributed by atoms with E-state index in [-0.39, 0.29) is 16.9 Å². The van der Waals surface area contributed by atoms with Crippen molar-refractivity contribution >= 4 is 28.5 Å². The van der Waals surface area contributed by atoms with E-state index in [1.807, 2.05) is 0 Å². The average molecular weight is 222 g/mol. The van der Waals surface area contributed by atoms with Gasteiger partial charge >= 0.3 is 6.09 Å². The van der Waals surface area contributed by atoms with Crippen LogP contribution < -0.4 is 5.73 Å². The van der Waals surface area contributed by atoms with Crippen molar-refractivity contribution in [1.82, 2.24) is 9.78 Å². The summed E-state index contributed by atoms with van der Waals surface area (Å²) >= 11 is 0. The fraction of sp³-hybridized carbons (Fsp3) is 0. The van der Waals surface area contributed by atoms with Crippen LogP contribution in [0, 0.1) is 10.1 Å². The van der Waals surface area contributed by atoms with Gasteiger partial charge in [-0.05, 0) is 6.07 Å². The first-order valence-corrected chi connectivity index (χ1v) is 4.16. The highest BCUT2D eigenvalue weighted by Crippen LogP contribution is 2.24. The van der Waals surface area contributed by atoms with Gasteiger partial charge in [0.05, 0.1) is 15.8 Å². The first kappa shape index (κ1) is 9.90. The molecule has 0 saturated heterocycles. The Morgan fingerprint density at radius 2 is 2.25 bits per heavy atom. The molecule has 3 N–H and O–H groups in total. The molecule has 2 rings (SSSR count). The molecule has 8 nitrogen and oxygen atoms in total. The Hall–Kier alpha value is -2.64. The summed E-state index contributed by atoms with van der Waals surface area (Å²) < 4.78 is 0.578. The number of nitrogen functional groups attached to an aromatic ring is 1. The third kappa shape index (κ3) is 1.32. The van der Waals surface area contributed by atoms with E-state index in [2.05, 4.69) is 5.10 Å². The molecule has 0 spiro atoms. The monoisotopic (exact) mass is 222 g/mol. The largest absolute Gasteiger partial charge is 0.463 e. The van der Waals surface area contributed by atoms with Crippen molar-refractivity contribution in [2.24, 2.45) is 0 Å². The highest BCUT2D eigenvalue weighted by atomic mass is 16.6. The predicted molar refractivity (Wildman–Crippen MR) is 54.2 cm³/mol. The Balaban J connectivity index is 2.73. The lowest BCUT2D eigenvalue weighted by atomic mass is 10.2. The molecule has 0 amide bonds. The summed E-state index contributed by atoms with van der Waals surface area (Å²) in [5.74, 6) is -0.133. The summed E-state index contributed by atoms with van der Waals surface area (Å²) in [6.45, 7) is 0. The van der Waals surface area contributed by atoms with Gasteiger partial charge in [0.1, 0.15) is 5.82 Å². The van der Waals surface area contributed by atoms with Crippen LogP contribution in [0.3, 0.4) is 0 Å². The molecule has 0 fully saturated rings. The van der Waals surface area contributed by atoms with Crippen molar-refractivity contribution in [3.63, 3.8) is 0 Å². The van der Waals surface area contributed by atoms with Crippen molar-refractivity contribution in [2.75, 3.05) is 5.73 Å². The minimum atomic E-state index is -1.34. The molecule has 0 aliphatic carbocycles. The summed E-state index contributed by atoms with van der Waals surface area (Å²) in [6.07, 6.45) is -1.34. The lowest BCUT2D eigenvalue weighted by Crippen LogP contribution is -2.12. The second kappa shape index (κ2) is 3.19. The van der Waals surface area contributed by atoms with E-state index in [4.69, 9.17) is 10.8 Å². The molecule has 0 saturated carbocycles. The van der Waals surface area contributed by atoms with E-state index in [0.29, 0.717) is 10.2 Å². The van der Waals surface area contributed by atoms with Crippen molar-refractivity contribution in [2.45, 2.75) is 0 Å². The van der Waals surface area contributed by atoms with E-state index in [1.165, 1.54) is 18.2 Å². The van der Waals surface area contributed by atoms with Gasteiger partial charge in [0.25, 0.3) is 5.69 Å². The number of carbonyl (C=O) groups is 1. The molecular formula is C8H6N4O4. The quantitative estimate of drug-likeness (QED) is 0.548. The number of fused-ring (bicyclic) bond motifs is 1. The zero-order chi connectivity index (χ0) is 11.9. The first-order chi connectivity index (χ1) is 7.50. The van der Waals surface area contributed by atoms with Crippen molar-refractivity contribution in [3.05, 3.63) is 28.3 Å². The number of nitro groups is 1. The predicted octanol–water partition coefficient (Wildman–Crippen LogP) is 1.05. The molecule has 0 radical (unpaired) electrons. The van der Waals surface area contributed by atoms with Crippen LogP contribution >= 0.6 is 0 Å². The third-order valence-electron chi connectivity index (χ3n) is 2.08. The van der Waals surface area contributed by atoms with Crippen LogP contribution in [0.5, 0.6) is 0 Å². The van der Waals surface area contributed by atoms with Crippen LogP contribution in [0.4, 0.5) is 16.3 Å². The Kier molecular flexibility index (Phi) is 1.97. The van der Waals surface area contributed by atoms with E-state index < -0.39 is 11.0 Å². The number of nitro benzene ring substituents is 1. The van der Waals surface area contributed by atoms with Crippen molar-refractivity contribution in [3.8, 4) is 0 Å². The molecule has 0 atom stereocenters. The SMILES string of the molecule is Nc1c2cc([N+](=O)[O-])ccc2nn1C(=O)O. The highest BCUT2D eigenvalue weighted by molar-refractivity contribution is 5.94. The molecule has 1 aromatic heterocycles. The molecule has 8 heteroatoms. The summed E-state index contributed by atoms with van der Waals surface area (Å²) in [6, 6.07) is 3.78. The van der Waals surface area contributed by atoms with E-state index in [1.54, 1.807) is 0 Å². The van der Waals surface area contributed by atoms with Crippen LogP contribution in [0.25, 0.3) is 10.9 Å². The molecule has 1 heterocycles. The molecular weight excluding hydrogens is 216 g/mol. The van der Waals surface area contributed by atoms with Crippen LogP contribution in [0.15, 0.2) is 18.2 Å². The van der Waals surface area contributed by atoms with Gasteiger partial charge in [0.15, 0.2) is 0 Å². The minimum Gasteiger partial charge on any atom is -0.463 e. The fourth-order valence-electron chi connectivity index (χ4n) is 1.35. The third-order valence-corrected chi connectivity index (χ3v) is 2.08. The van der Waals surface area contributed by atoms with Gasteiger partial charge in [-0.3, -0.25) is 10.1 Å². The molecule has 2 aromatic rings. The number of hydrogen-bond acceptors (Lipinski definition) is 5. The Labute approximate surface area is 88.0 Å². The number of nitrogens with zero attached hydrogens (tertiary/aromatic N) is 3. The van der Waals surface area contributed by atoms with Gasteiger partial charge < -0.3 is 10.8 Å². The number of aromatic nitrogens is 2. The summed E-state index contributed by atoms with van der Waals surface area (Å²) in [7, 11) is 0. The second-order valence-electron chi connectivity index (χ2n) is 3.04. The Morgan fingerprint density at radius 3 is 2.81 bits per heavy atom. The summed E-state index contributed by atoms with van der Waals surface area (Å²) in [5, 5.41) is 23.2. The minimum absolute atomic E-state index is 0.133. The number of hydrogen-bond donors (Lipinski definition) is 2. The maximum atomic E-state index is 10.7. The maximum Gasteiger partial charge on any atom is 0.434 e. The number of nitrogens with two attached hydrogens (primary N) is 1. The zero-order valence-electron chi connectivity index (χ0n) is 7.82. The highest BCUT2D eigenvalue weighted by Gasteiger charge is 2.16. The molecule has 82 valence electrons. The van der Waals surface area contributed by atoms with Crippen LogP contribution in [-0.2, 0) is 0 Å². The molecule has 1 aromatic carbocycles. The van der Waals surface area contributed by atoms with Crippen LogP contribution in [-0.4, -0.2) is 25.9 Å². The molecule has 16 heavy (non-hydrogen) atoms. The van der Waals surface area contributed by atoms with Crippen molar-refractivity contribution in [1.29, 1.82) is 0 Å². The van der Waals surface area contributed by atoms with Crippen molar-refractivity contribution < 1.29 is 14.8 Å². The number of non-ortho nitro benzene ring substituents is 1. The number of benzene rings is 1. The van der Waals surface area contributed by atoms with Gasteiger partial charge in [-0.2, -0.15) is 5.10 Å². The normalized spacial score (nSPS) is 10.5. The Bertz CT molecular complexity index is 603. The van der Waals surface area contributed by atoms with E-state index in [9.17, 15) is 14.9 Å². The Morgan fingerprint density at radius 1 is 1.56 bits per heavy atom. The smallest absolute Gasteiger partial charge is 0.434 e. The van der Waals surface area contributed by atoms with Crippen LogP contribution in [0.1, 0.15) is 0 Å². The molecule has 0 aliphatic rings. The summed E-state index contributed by atoms with van der Waals surface area (Å²) in [5.41, 5.74) is 5.64. The standard InChI is InChI=1S/C8H6N4O4/c9-7-5-3-4(12(15)16)1-2-6(5)10-11(7)8(13)14/h1-3H,9H2,(H,13,14). The number of carboxylic acid groups (broad SMARTS) is 1.